The van der Waals surface area contributed by atoms with Crippen LogP contribution in [0, 0.1) is 24.1 Å². The van der Waals surface area contributed by atoms with Crippen molar-refractivity contribution in [1.29, 1.82) is 5.26 Å². The lowest BCUT2D eigenvalue weighted by Crippen LogP contribution is -1.97. The van der Waals surface area contributed by atoms with Gasteiger partial charge >= 0.3 is 0 Å². The van der Waals surface area contributed by atoms with E-state index < -0.39 is 0 Å². The highest BCUT2D eigenvalue weighted by Gasteiger charge is 2.17. The fourth-order valence-electron chi connectivity index (χ4n) is 2.40. The van der Waals surface area contributed by atoms with E-state index in [1.165, 1.54) is 6.07 Å². The first-order chi connectivity index (χ1) is 9.67. The van der Waals surface area contributed by atoms with Crippen molar-refractivity contribution in [2.45, 2.75) is 26.2 Å². The molecule has 1 aromatic carbocycles. The number of ether oxygens (including phenoxy) is 1. The molecule has 0 spiro atoms. The van der Waals surface area contributed by atoms with E-state index in [1.54, 1.807) is 19.1 Å². The maximum absolute atomic E-state index is 13.2. The number of rotatable bonds is 2. The summed E-state index contributed by atoms with van der Waals surface area (Å²) < 4.78 is 18.9. The van der Waals surface area contributed by atoms with Crippen LogP contribution in [0.1, 0.15) is 28.8 Å². The summed E-state index contributed by atoms with van der Waals surface area (Å²) in [5.74, 6) is 0.518. The van der Waals surface area contributed by atoms with Gasteiger partial charge in [-0.15, -0.1) is 0 Å². The van der Waals surface area contributed by atoms with Gasteiger partial charge in [-0.05, 0) is 61.6 Å². The van der Waals surface area contributed by atoms with Gasteiger partial charge < -0.3 is 4.74 Å². The molecule has 0 bridgehead atoms. The number of aromatic nitrogens is 1. The second-order valence-corrected chi connectivity index (χ2v) is 4.93. The van der Waals surface area contributed by atoms with Gasteiger partial charge in [0.05, 0.1) is 0 Å². The highest BCUT2D eigenvalue weighted by atomic mass is 19.1. The molecular weight excluding hydrogens is 255 g/mol. The van der Waals surface area contributed by atoms with Crippen molar-refractivity contribution < 1.29 is 9.13 Å². The first kappa shape index (κ1) is 12.6. The number of benzene rings is 1. The van der Waals surface area contributed by atoms with E-state index in [2.05, 4.69) is 11.1 Å². The summed E-state index contributed by atoms with van der Waals surface area (Å²) in [6.45, 7) is 1.67. The van der Waals surface area contributed by atoms with Crippen molar-refractivity contribution in [2.75, 3.05) is 0 Å². The van der Waals surface area contributed by atoms with Crippen molar-refractivity contribution in [3.8, 4) is 17.7 Å². The lowest BCUT2D eigenvalue weighted by atomic mass is 10.1. The molecular formula is C16H13FN2O. The van der Waals surface area contributed by atoms with Gasteiger partial charge in [-0.2, -0.15) is 5.26 Å². The van der Waals surface area contributed by atoms with Crippen LogP contribution in [0.4, 0.5) is 4.39 Å². The van der Waals surface area contributed by atoms with Crippen molar-refractivity contribution >= 4 is 0 Å². The van der Waals surface area contributed by atoms with E-state index in [-0.39, 0.29) is 5.82 Å². The molecule has 3 nitrogen and oxygen atoms in total. The molecule has 0 saturated heterocycles. The number of hydrogen-bond acceptors (Lipinski definition) is 3. The molecule has 0 saturated carbocycles. The third-order valence-corrected chi connectivity index (χ3v) is 3.48. The Morgan fingerprint density at radius 3 is 2.90 bits per heavy atom. The van der Waals surface area contributed by atoms with Crippen LogP contribution in [0.2, 0.25) is 0 Å². The van der Waals surface area contributed by atoms with Crippen LogP contribution in [-0.4, -0.2) is 4.98 Å². The number of hydrogen-bond donors (Lipinski definition) is 0. The number of nitriles is 1. The SMILES string of the molecule is Cc1cc(Oc2nc3c(cc2C#N)CCC3)ccc1F. The number of pyridine rings is 1. The van der Waals surface area contributed by atoms with E-state index in [4.69, 9.17) is 4.74 Å². The Labute approximate surface area is 116 Å². The molecule has 0 atom stereocenters. The zero-order valence-corrected chi connectivity index (χ0v) is 11.1. The summed E-state index contributed by atoms with van der Waals surface area (Å²) in [7, 11) is 0. The minimum absolute atomic E-state index is 0.278. The largest absolute Gasteiger partial charge is 0.438 e. The molecule has 3 rings (SSSR count). The van der Waals surface area contributed by atoms with Gasteiger partial charge in [0, 0.05) is 5.69 Å². The molecule has 0 N–H and O–H groups in total. The quantitative estimate of drug-likeness (QED) is 0.834. The normalized spacial score (nSPS) is 12.8. The van der Waals surface area contributed by atoms with E-state index in [0.29, 0.717) is 22.8 Å². The molecule has 0 unspecified atom stereocenters. The molecule has 100 valence electrons. The van der Waals surface area contributed by atoms with Gasteiger partial charge in [-0.3, -0.25) is 0 Å². The van der Waals surface area contributed by atoms with Crippen LogP contribution in [-0.2, 0) is 12.8 Å². The summed E-state index contributed by atoms with van der Waals surface area (Å²) in [6, 6.07) is 8.45. The van der Waals surface area contributed by atoms with Crippen LogP contribution in [0.15, 0.2) is 24.3 Å². The summed E-state index contributed by atoms with van der Waals surface area (Å²) in [4.78, 5) is 4.43. The summed E-state index contributed by atoms with van der Waals surface area (Å²) in [6.07, 6.45) is 2.94. The average Bonchev–Trinajstić information content (AvgIpc) is 2.89. The number of aryl methyl sites for hydroxylation is 3. The van der Waals surface area contributed by atoms with Gasteiger partial charge in [-0.1, -0.05) is 0 Å². The maximum Gasteiger partial charge on any atom is 0.237 e. The fourth-order valence-corrected chi connectivity index (χ4v) is 2.40. The Balaban J connectivity index is 1.98. The molecule has 1 aliphatic carbocycles. The Bertz CT molecular complexity index is 719. The van der Waals surface area contributed by atoms with Crippen molar-refractivity contribution in [2.24, 2.45) is 0 Å². The first-order valence-corrected chi connectivity index (χ1v) is 6.54. The zero-order chi connectivity index (χ0) is 14.1. The highest BCUT2D eigenvalue weighted by Crippen LogP contribution is 2.29. The molecule has 0 aliphatic heterocycles. The molecule has 2 aromatic rings. The third kappa shape index (κ3) is 2.23. The maximum atomic E-state index is 13.2. The standard InChI is InChI=1S/C16H13FN2O/c1-10-7-13(5-6-14(10)17)20-16-12(9-18)8-11-3-2-4-15(11)19-16/h5-8H,2-4H2,1H3. The van der Waals surface area contributed by atoms with E-state index in [1.807, 2.05) is 6.07 Å². The third-order valence-electron chi connectivity index (χ3n) is 3.48. The summed E-state index contributed by atoms with van der Waals surface area (Å²) in [5, 5.41) is 9.20. The van der Waals surface area contributed by atoms with Crippen LogP contribution in [0.5, 0.6) is 11.6 Å². The average molecular weight is 268 g/mol. The number of halogens is 1. The molecule has 0 radical (unpaired) electrons. The van der Waals surface area contributed by atoms with Gasteiger partial charge in [0.15, 0.2) is 0 Å². The Kier molecular flexibility index (Phi) is 3.11. The minimum atomic E-state index is -0.278. The van der Waals surface area contributed by atoms with Crippen LogP contribution in [0.3, 0.4) is 0 Å². The van der Waals surface area contributed by atoms with Gasteiger partial charge in [-0.25, -0.2) is 9.37 Å². The van der Waals surface area contributed by atoms with Gasteiger partial charge in [0.2, 0.25) is 5.88 Å². The van der Waals surface area contributed by atoms with Crippen LogP contribution < -0.4 is 4.74 Å². The first-order valence-electron chi connectivity index (χ1n) is 6.54. The molecule has 1 heterocycles. The predicted molar refractivity (Wildman–Crippen MR) is 72.2 cm³/mol. The lowest BCUT2D eigenvalue weighted by Gasteiger charge is -2.09. The monoisotopic (exact) mass is 268 g/mol. The second kappa shape index (κ2) is 4.93. The lowest BCUT2D eigenvalue weighted by molar-refractivity contribution is 0.457. The second-order valence-electron chi connectivity index (χ2n) is 4.93. The Morgan fingerprint density at radius 2 is 2.15 bits per heavy atom. The summed E-state index contributed by atoms with van der Waals surface area (Å²) in [5.41, 5.74) is 3.05. The topological polar surface area (TPSA) is 45.9 Å². The summed E-state index contributed by atoms with van der Waals surface area (Å²) >= 11 is 0. The molecule has 4 heteroatoms. The van der Waals surface area contributed by atoms with E-state index in [0.717, 1.165) is 30.5 Å². The van der Waals surface area contributed by atoms with Crippen LogP contribution in [0.25, 0.3) is 0 Å². The molecule has 0 fully saturated rings. The minimum Gasteiger partial charge on any atom is -0.438 e. The van der Waals surface area contributed by atoms with E-state index in [9.17, 15) is 9.65 Å². The van der Waals surface area contributed by atoms with Crippen molar-refractivity contribution in [1.82, 2.24) is 4.98 Å². The Morgan fingerprint density at radius 1 is 1.30 bits per heavy atom. The molecule has 20 heavy (non-hydrogen) atoms. The van der Waals surface area contributed by atoms with Crippen molar-refractivity contribution in [3.05, 3.63) is 52.5 Å². The molecule has 1 aliphatic rings. The van der Waals surface area contributed by atoms with Crippen LogP contribution >= 0.6 is 0 Å². The smallest absolute Gasteiger partial charge is 0.237 e. The predicted octanol–water partition coefficient (Wildman–Crippen LogP) is 3.68. The Hall–Kier alpha value is -2.41. The molecule has 0 amide bonds. The molecule has 1 aromatic heterocycles. The zero-order valence-electron chi connectivity index (χ0n) is 11.1. The number of fused-ring (bicyclic) bond motifs is 1. The van der Waals surface area contributed by atoms with Gasteiger partial charge in [0.25, 0.3) is 0 Å². The van der Waals surface area contributed by atoms with Gasteiger partial charge in [0.1, 0.15) is 23.2 Å². The highest BCUT2D eigenvalue weighted by molar-refractivity contribution is 5.46. The van der Waals surface area contributed by atoms with E-state index >= 15 is 0 Å². The fraction of sp³-hybridized carbons (Fsp3) is 0.250. The van der Waals surface area contributed by atoms with Crippen molar-refractivity contribution in [3.63, 3.8) is 0 Å². The number of nitrogens with zero attached hydrogens (tertiary/aromatic N) is 2.